The molecule has 1 aliphatic carbocycles. The zero-order chi connectivity index (χ0) is 20.0. The van der Waals surface area contributed by atoms with Crippen molar-refractivity contribution >= 4 is 23.0 Å². The number of nitrogens with one attached hydrogen (secondary N) is 1. The van der Waals surface area contributed by atoms with Gasteiger partial charge in [-0.2, -0.15) is 0 Å². The van der Waals surface area contributed by atoms with Crippen molar-refractivity contribution in [3.05, 3.63) is 23.0 Å². The van der Waals surface area contributed by atoms with Crippen molar-refractivity contribution in [1.29, 1.82) is 0 Å². The van der Waals surface area contributed by atoms with Gasteiger partial charge in [0.1, 0.15) is 0 Å². The van der Waals surface area contributed by atoms with Crippen LogP contribution in [0.4, 0.5) is 0 Å². The van der Waals surface area contributed by atoms with Gasteiger partial charge in [0.05, 0.1) is 22.1 Å². The van der Waals surface area contributed by atoms with Crippen molar-refractivity contribution in [1.82, 2.24) is 15.5 Å². The van der Waals surface area contributed by atoms with Crippen molar-refractivity contribution in [2.75, 3.05) is 6.54 Å². The molecule has 0 saturated heterocycles. The summed E-state index contributed by atoms with van der Waals surface area (Å²) in [6.45, 7) is 9.47. The van der Waals surface area contributed by atoms with E-state index < -0.39 is 11.4 Å². The Morgan fingerprint density at radius 3 is 2.48 bits per heavy atom. The first-order valence-electron chi connectivity index (χ1n) is 9.29. The van der Waals surface area contributed by atoms with E-state index in [0.717, 1.165) is 18.5 Å². The first kappa shape index (κ1) is 19.3. The molecule has 7 heteroatoms. The zero-order valence-corrected chi connectivity index (χ0v) is 16.5. The molecule has 2 aromatic rings. The van der Waals surface area contributed by atoms with Gasteiger partial charge in [-0.1, -0.05) is 25.9 Å². The molecule has 0 radical (unpaired) electrons. The summed E-state index contributed by atoms with van der Waals surface area (Å²) in [4.78, 5) is 28.8. The molecule has 0 unspecified atom stereocenters. The van der Waals surface area contributed by atoms with E-state index >= 15 is 0 Å². The highest BCUT2D eigenvalue weighted by Crippen LogP contribution is 2.41. The van der Waals surface area contributed by atoms with Gasteiger partial charge in [-0.3, -0.25) is 9.59 Å². The zero-order valence-electron chi connectivity index (χ0n) is 16.5. The third-order valence-corrected chi connectivity index (χ3v) is 4.74. The molecule has 146 valence electrons. The summed E-state index contributed by atoms with van der Waals surface area (Å²) in [7, 11) is 0. The molecule has 0 aromatic carbocycles. The molecule has 2 heterocycles. The largest absolute Gasteiger partial charge is 0.481 e. The van der Waals surface area contributed by atoms with Crippen LogP contribution in [0.25, 0.3) is 11.1 Å². The molecular formula is C20H27N3O4. The van der Waals surface area contributed by atoms with Crippen LogP contribution in [0.15, 0.2) is 10.6 Å². The lowest BCUT2D eigenvalue weighted by atomic mass is 9.89. The van der Waals surface area contributed by atoms with E-state index in [-0.39, 0.29) is 17.9 Å². The van der Waals surface area contributed by atoms with Gasteiger partial charge in [-0.25, -0.2) is 4.98 Å². The second-order valence-electron chi connectivity index (χ2n) is 9.29. The van der Waals surface area contributed by atoms with E-state index in [1.54, 1.807) is 13.8 Å². The van der Waals surface area contributed by atoms with Gasteiger partial charge in [0.15, 0.2) is 0 Å². The van der Waals surface area contributed by atoms with Gasteiger partial charge in [0, 0.05) is 18.2 Å². The van der Waals surface area contributed by atoms with Gasteiger partial charge in [-0.15, -0.1) is 0 Å². The van der Waals surface area contributed by atoms with E-state index in [2.05, 4.69) is 36.2 Å². The number of hydrogen-bond donors (Lipinski definition) is 2. The minimum absolute atomic E-state index is 0.0298. The van der Waals surface area contributed by atoms with Crippen molar-refractivity contribution < 1.29 is 19.2 Å². The Hall–Kier alpha value is -2.44. The van der Waals surface area contributed by atoms with Gasteiger partial charge >= 0.3 is 5.97 Å². The average Bonchev–Trinajstić information content (AvgIpc) is 3.33. The van der Waals surface area contributed by atoms with Crippen LogP contribution in [0, 0.1) is 10.8 Å². The Morgan fingerprint density at radius 1 is 1.26 bits per heavy atom. The highest BCUT2D eigenvalue weighted by Gasteiger charge is 2.31. The fourth-order valence-corrected chi connectivity index (χ4v) is 2.89. The molecule has 27 heavy (non-hydrogen) atoms. The smallest absolute Gasteiger partial charge is 0.310 e. The Kier molecular flexibility index (Phi) is 4.74. The number of carbonyl (C=O) groups excluding carboxylic acids is 1. The van der Waals surface area contributed by atoms with Gasteiger partial charge in [0.2, 0.25) is 0 Å². The number of aliphatic carboxylic acids is 1. The van der Waals surface area contributed by atoms with Crippen LogP contribution in [0.2, 0.25) is 0 Å². The highest BCUT2D eigenvalue weighted by molar-refractivity contribution is 6.06. The third kappa shape index (κ3) is 4.28. The quantitative estimate of drug-likeness (QED) is 0.802. The fraction of sp³-hybridized carbons (Fsp3) is 0.600. The summed E-state index contributed by atoms with van der Waals surface area (Å²) in [5.41, 5.74) is 1.30. The number of amides is 1. The molecule has 1 amide bonds. The summed E-state index contributed by atoms with van der Waals surface area (Å²) in [5, 5.41) is 16.8. The van der Waals surface area contributed by atoms with Crippen LogP contribution in [0.1, 0.15) is 75.1 Å². The maximum atomic E-state index is 12.9. The lowest BCUT2D eigenvalue weighted by Crippen LogP contribution is -2.39. The third-order valence-electron chi connectivity index (χ3n) is 4.74. The van der Waals surface area contributed by atoms with Crippen LogP contribution in [-0.4, -0.2) is 33.7 Å². The topological polar surface area (TPSA) is 105 Å². The monoisotopic (exact) mass is 373 g/mol. The van der Waals surface area contributed by atoms with Crippen molar-refractivity contribution in [2.24, 2.45) is 10.8 Å². The minimum Gasteiger partial charge on any atom is -0.481 e. The molecule has 3 rings (SSSR count). The number of carboxylic acids is 1. The normalized spacial score (nSPS) is 15.1. The first-order valence-corrected chi connectivity index (χ1v) is 9.29. The van der Waals surface area contributed by atoms with Crippen molar-refractivity contribution in [3.8, 4) is 0 Å². The summed E-state index contributed by atoms with van der Waals surface area (Å²) >= 11 is 0. The number of rotatable bonds is 6. The molecule has 0 aliphatic heterocycles. The first-order chi connectivity index (χ1) is 12.5. The lowest BCUT2D eigenvalue weighted by Gasteiger charge is -2.20. The van der Waals surface area contributed by atoms with Crippen LogP contribution < -0.4 is 5.32 Å². The number of hydrogen-bond acceptors (Lipinski definition) is 5. The number of aromatic nitrogens is 2. The van der Waals surface area contributed by atoms with Gasteiger partial charge < -0.3 is 14.9 Å². The number of fused-ring (bicyclic) bond motifs is 1. The molecule has 7 nitrogen and oxygen atoms in total. The Bertz CT molecular complexity index is 888. The average molecular weight is 373 g/mol. The summed E-state index contributed by atoms with van der Waals surface area (Å²) < 4.78 is 5.45. The summed E-state index contributed by atoms with van der Waals surface area (Å²) in [5.74, 6) is -0.927. The fourth-order valence-electron chi connectivity index (χ4n) is 2.89. The lowest BCUT2D eigenvalue weighted by molar-refractivity contribution is -0.146. The Labute approximate surface area is 158 Å². The van der Waals surface area contributed by atoms with E-state index in [4.69, 9.17) is 4.52 Å². The predicted octanol–water partition coefficient (Wildman–Crippen LogP) is 3.53. The predicted molar refractivity (Wildman–Crippen MR) is 101 cm³/mol. The Morgan fingerprint density at radius 2 is 1.93 bits per heavy atom. The van der Waals surface area contributed by atoms with Crippen LogP contribution in [0.3, 0.4) is 0 Å². The molecule has 0 spiro atoms. The molecular weight excluding hydrogens is 346 g/mol. The van der Waals surface area contributed by atoms with E-state index in [1.807, 2.05) is 6.07 Å². The standard InChI is InChI=1S/C20H27N3O4/c1-19(2,3)9-14-15-12(16(24)21-10-20(4,5)18(25)26)8-13(11-6-7-11)22-17(15)27-23-14/h8,11H,6-7,9-10H2,1-5H3,(H,21,24)(H,25,26). The van der Waals surface area contributed by atoms with Gasteiger partial charge in [0.25, 0.3) is 11.6 Å². The molecule has 2 N–H and O–H groups in total. The van der Waals surface area contributed by atoms with Crippen LogP contribution >= 0.6 is 0 Å². The maximum absolute atomic E-state index is 12.9. The highest BCUT2D eigenvalue weighted by atomic mass is 16.5. The number of nitrogens with zero attached hydrogens (tertiary/aromatic N) is 2. The molecule has 0 bridgehead atoms. The second-order valence-corrected chi connectivity index (χ2v) is 9.29. The summed E-state index contributed by atoms with van der Waals surface area (Å²) in [6, 6.07) is 1.81. The molecule has 1 aliphatic rings. The van der Waals surface area contributed by atoms with E-state index in [1.165, 1.54) is 0 Å². The second kappa shape index (κ2) is 6.62. The minimum atomic E-state index is -1.05. The maximum Gasteiger partial charge on any atom is 0.310 e. The van der Waals surface area contributed by atoms with Crippen molar-refractivity contribution in [2.45, 2.75) is 59.8 Å². The molecule has 1 fully saturated rings. The van der Waals surface area contributed by atoms with Crippen LogP contribution in [-0.2, 0) is 11.2 Å². The molecule has 0 atom stereocenters. The Balaban J connectivity index is 1.99. The SMILES string of the molecule is CC(C)(C)Cc1noc2nc(C3CC3)cc(C(=O)NCC(C)(C)C(=O)O)c12. The molecule has 1 saturated carbocycles. The van der Waals surface area contributed by atoms with Crippen molar-refractivity contribution in [3.63, 3.8) is 0 Å². The van der Waals surface area contributed by atoms with E-state index in [9.17, 15) is 14.7 Å². The van der Waals surface area contributed by atoms with E-state index in [0.29, 0.717) is 34.7 Å². The molecule has 2 aromatic heterocycles. The van der Waals surface area contributed by atoms with Gasteiger partial charge in [-0.05, 0) is 44.6 Å². The van der Waals surface area contributed by atoms with Crippen LogP contribution in [0.5, 0.6) is 0 Å². The number of carboxylic acid groups (broad SMARTS) is 1. The summed E-state index contributed by atoms with van der Waals surface area (Å²) in [6.07, 6.45) is 2.74. The number of pyridine rings is 1. The number of carbonyl (C=O) groups is 2.